The Balaban J connectivity index is 2.06. The van der Waals surface area contributed by atoms with Crippen molar-refractivity contribution in [3.8, 4) is 11.3 Å². The maximum atomic E-state index is 6.17. The van der Waals surface area contributed by atoms with Gasteiger partial charge in [-0.1, -0.05) is 34.5 Å². The lowest BCUT2D eigenvalue weighted by Crippen LogP contribution is -2.14. The molecule has 0 spiro atoms. The Morgan fingerprint density at radius 3 is 3.05 bits per heavy atom. The summed E-state index contributed by atoms with van der Waals surface area (Å²) < 4.78 is 6.71. The van der Waals surface area contributed by atoms with Crippen LogP contribution in [0.2, 0.25) is 5.02 Å². The lowest BCUT2D eigenvalue weighted by Gasteiger charge is -2.01. The van der Waals surface area contributed by atoms with Crippen LogP contribution in [0.3, 0.4) is 0 Å². The van der Waals surface area contributed by atoms with Crippen LogP contribution in [0.4, 0.5) is 0 Å². The highest BCUT2D eigenvalue weighted by atomic mass is 79.9. The molecule has 1 aromatic carbocycles. The summed E-state index contributed by atoms with van der Waals surface area (Å²) in [6.45, 7) is 4.06. The molecule has 0 bridgehead atoms. The Morgan fingerprint density at radius 2 is 2.26 bits per heavy atom. The van der Waals surface area contributed by atoms with Gasteiger partial charge in [0.25, 0.3) is 0 Å². The second kappa shape index (κ2) is 7.08. The summed E-state index contributed by atoms with van der Waals surface area (Å²) >= 11 is 9.60. The van der Waals surface area contributed by atoms with Crippen LogP contribution in [-0.2, 0) is 6.42 Å². The third kappa shape index (κ3) is 4.06. The van der Waals surface area contributed by atoms with Gasteiger partial charge in [0, 0.05) is 16.5 Å². The van der Waals surface area contributed by atoms with Crippen LogP contribution in [0, 0.1) is 0 Å². The third-order valence-electron chi connectivity index (χ3n) is 2.74. The third-order valence-corrected chi connectivity index (χ3v) is 3.56. The lowest BCUT2D eigenvalue weighted by atomic mass is 10.2. The molecule has 1 N–H and O–H groups in total. The molecule has 1 aromatic heterocycles. The number of aromatic nitrogens is 1. The second-order valence-electron chi connectivity index (χ2n) is 4.20. The van der Waals surface area contributed by atoms with Gasteiger partial charge in [-0.15, -0.1) is 0 Å². The van der Waals surface area contributed by atoms with E-state index in [0.29, 0.717) is 10.8 Å². The fourth-order valence-electron chi connectivity index (χ4n) is 1.78. The number of oxazole rings is 1. The number of benzene rings is 1. The maximum Gasteiger partial charge on any atom is 0.194 e. The standard InChI is InChI=1S/C14H16BrClN2O/c1-2-17-7-3-4-14-18-9-13(19-14)11-8-10(15)5-6-12(11)16/h5-6,8-9,17H,2-4,7H2,1H3. The van der Waals surface area contributed by atoms with E-state index in [2.05, 4.69) is 33.2 Å². The normalized spacial score (nSPS) is 10.9. The molecule has 0 aliphatic rings. The van der Waals surface area contributed by atoms with Crippen molar-refractivity contribution in [1.82, 2.24) is 10.3 Å². The highest BCUT2D eigenvalue weighted by Gasteiger charge is 2.10. The van der Waals surface area contributed by atoms with E-state index in [1.165, 1.54) is 0 Å². The number of rotatable bonds is 6. The van der Waals surface area contributed by atoms with Crippen molar-refractivity contribution >= 4 is 27.5 Å². The van der Waals surface area contributed by atoms with Gasteiger partial charge in [0.15, 0.2) is 11.7 Å². The zero-order valence-corrected chi connectivity index (χ0v) is 13.1. The zero-order chi connectivity index (χ0) is 13.7. The minimum Gasteiger partial charge on any atom is -0.441 e. The van der Waals surface area contributed by atoms with Crippen molar-refractivity contribution in [2.45, 2.75) is 19.8 Å². The van der Waals surface area contributed by atoms with E-state index >= 15 is 0 Å². The summed E-state index contributed by atoms with van der Waals surface area (Å²) in [6.07, 6.45) is 3.58. The topological polar surface area (TPSA) is 38.1 Å². The summed E-state index contributed by atoms with van der Waals surface area (Å²) in [5, 5.41) is 3.94. The molecule has 0 amide bonds. The Kier molecular flexibility index (Phi) is 5.43. The monoisotopic (exact) mass is 342 g/mol. The van der Waals surface area contributed by atoms with Crippen LogP contribution < -0.4 is 5.32 Å². The average Bonchev–Trinajstić information content (AvgIpc) is 2.86. The van der Waals surface area contributed by atoms with E-state index in [0.717, 1.165) is 41.9 Å². The molecule has 0 saturated heterocycles. The van der Waals surface area contributed by atoms with Crippen molar-refractivity contribution in [3.05, 3.63) is 39.8 Å². The fraction of sp³-hybridized carbons (Fsp3) is 0.357. The van der Waals surface area contributed by atoms with E-state index in [9.17, 15) is 0 Å². The van der Waals surface area contributed by atoms with Gasteiger partial charge in [-0.3, -0.25) is 0 Å². The first kappa shape index (κ1) is 14.6. The summed E-state index contributed by atoms with van der Waals surface area (Å²) in [6, 6.07) is 5.68. The SMILES string of the molecule is CCNCCCc1ncc(-c2cc(Br)ccc2Cl)o1. The Labute approximate surface area is 126 Å². The zero-order valence-electron chi connectivity index (χ0n) is 10.7. The number of aryl methyl sites for hydroxylation is 1. The average molecular weight is 344 g/mol. The van der Waals surface area contributed by atoms with Gasteiger partial charge >= 0.3 is 0 Å². The minimum atomic E-state index is 0.665. The van der Waals surface area contributed by atoms with Gasteiger partial charge in [0.1, 0.15) is 0 Å². The summed E-state index contributed by atoms with van der Waals surface area (Å²) in [7, 11) is 0. The summed E-state index contributed by atoms with van der Waals surface area (Å²) in [5.74, 6) is 1.47. The van der Waals surface area contributed by atoms with Crippen molar-refractivity contribution < 1.29 is 4.42 Å². The molecule has 2 aromatic rings. The smallest absolute Gasteiger partial charge is 0.194 e. The number of hydrogen-bond acceptors (Lipinski definition) is 3. The number of nitrogens with zero attached hydrogens (tertiary/aromatic N) is 1. The molecule has 0 atom stereocenters. The molecule has 3 nitrogen and oxygen atoms in total. The highest BCUT2D eigenvalue weighted by Crippen LogP contribution is 2.31. The molecular formula is C14H16BrClN2O. The second-order valence-corrected chi connectivity index (χ2v) is 5.52. The summed E-state index contributed by atoms with van der Waals surface area (Å²) in [4.78, 5) is 4.29. The fourth-order valence-corrected chi connectivity index (χ4v) is 2.35. The molecule has 0 aliphatic heterocycles. The predicted octanol–water partition coefficient (Wildman–Crippen LogP) is 4.30. The maximum absolute atomic E-state index is 6.17. The molecule has 0 fully saturated rings. The van der Waals surface area contributed by atoms with Crippen molar-refractivity contribution in [2.75, 3.05) is 13.1 Å². The molecule has 0 unspecified atom stereocenters. The number of hydrogen-bond donors (Lipinski definition) is 1. The van der Waals surface area contributed by atoms with Gasteiger partial charge in [0.2, 0.25) is 0 Å². The van der Waals surface area contributed by atoms with Gasteiger partial charge in [-0.25, -0.2) is 4.98 Å². The van der Waals surface area contributed by atoms with Gasteiger partial charge in [-0.2, -0.15) is 0 Å². The van der Waals surface area contributed by atoms with E-state index in [-0.39, 0.29) is 0 Å². The molecular weight excluding hydrogens is 328 g/mol. The largest absolute Gasteiger partial charge is 0.441 e. The predicted molar refractivity (Wildman–Crippen MR) is 81.5 cm³/mol. The number of halogens is 2. The molecule has 0 saturated carbocycles. The molecule has 1 heterocycles. The van der Waals surface area contributed by atoms with Gasteiger partial charge in [0.05, 0.1) is 11.2 Å². The van der Waals surface area contributed by atoms with Gasteiger partial charge < -0.3 is 9.73 Å². The van der Waals surface area contributed by atoms with E-state index < -0.39 is 0 Å². The molecule has 2 rings (SSSR count). The molecule has 102 valence electrons. The van der Waals surface area contributed by atoms with Crippen LogP contribution in [0.15, 0.2) is 33.3 Å². The van der Waals surface area contributed by atoms with E-state index in [1.807, 2.05) is 18.2 Å². The Bertz CT molecular complexity index is 542. The quantitative estimate of drug-likeness (QED) is 0.795. The van der Waals surface area contributed by atoms with Crippen molar-refractivity contribution in [1.29, 1.82) is 0 Å². The lowest BCUT2D eigenvalue weighted by molar-refractivity contribution is 0.493. The van der Waals surface area contributed by atoms with Crippen LogP contribution in [-0.4, -0.2) is 18.1 Å². The minimum absolute atomic E-state index is 0.665. The molecule has 5 heteroatoms. The van der Waals surface area contributed by atoms with Crippen LogP contribution in [0.1, 0.15) is 19.2 Å². The van der Waals surface area contributed by atoms with Crippen molar-refractivity contribution in [3.63, 3.8) is 0 Å². The highest BCUT2D eigenvalue weighted by molar-refractivity contribution is 9.10. The van der Waals surface area contributed by atoms with Gasteiger partial charge in [-0.05, 0) is 37.7 Å². The Hall–Kier alpha value is -0.840. The molecule has 0 radical (unpaired) electrons. The van der Waals surface area contributed by atoms with Crippen LogP contribution in [0.25, 0.3) is 11.3 Å². The van der Waals surface area contributed by atoms with E-state index in [1.54, 1.807) is 6.20 Å². The van der Waals surface area contributed by atoms with Crippen LogP contribution >= 0.6 is 27.5 Å². The first-order valence-electron chi connectivity index (χ1n) is 6.31. The first-order valence-corrected chi connectivity index (χ1v) is 7.48. The van der Waals surface area contributed by atoms with Crippen LogP contribution in [0.5, 0.6) is 0 Å². The Morgan fingerprint density at radius 1 is 1.42 bits per heavy atom. The van der Waals surface area contributed by atoms with Crippen molar-refractivity contribution in [2.24, 2.45) is 0 Å². The van der Waals surface area contributed by atoms with E-state index in [4.69, 9.17) is 16.0 Å². The first-order chi connectivity index (χ1) is 9.20. The molecule has 0 aliphatic carbocycles. The summed E-state index contributed by atoms with van der Waals surface area (Å²) in [5.41, 5.74) is 0.862. The molecule has 19 heavy (non-hydrogen) atoms. The number of nitrogens with one attached hydrogen (secondary N) is 1.